The van der Waals surface area contributed by atoms with E-state index in [2.05, 4.69) is 34.6 Å². The van der Waals surface area contributed by atoms with Crippen molar-refractivity contribution in [3.05, 3.63) is 0 Å². The monoisotopic (exact) mass is 158 g/mol. The van der Waals surface area contributed by atoms with Gasteiger partial charge in [0.05, 0.1) is 6.10 Å². The molecule has 0 spiro atoms. The Bertz CT molecular complexity index is 99.9. The summed E-state index contributed by atoms with van der Waals surface area (Å²) >= 11 is 0. The lowest BCUT2D eigenvalue weighted by Crippen LogP contribution is -2.29. The SMILES string of the molecule is COC(CC(C)C)C(C)(C)C. The van der Waals surface area contributed by atoms with Crippen LogP contribution in [0, 0.1) is 11.3 Å². The molecule has 0 amide bonds. The standard InChI is InChI=1S/C10H22O/c1-8(2)7-9(11-6)10(3,4)5/h8-9H,7H2,1-6H3. The average Bonchev–Trinajstić information content (AvgIpc) is 1.79. The van der Waals surface area contributed by atoms with Gasteiger partial charge in [0.2, 0.25) is 0 Å². The van der Waals surface area contributed by atoms with Gasteiger partial charge in [-0.2, -0.15) is 0 Å². The molecule has 1 nitrogen and oxygen atoms in total. The van der Waals surface area contributed by atoms with E-state index in [1.807, 2.05) is 0 Å². The number of ether oxygens (including phenoxy) is 1. The topological polar surface area (TPSA) is 9.23 Å². The minimum Gasteiger partial charge on any atom is -0.381 e. The number of hydrogen-bond donors (Lipinski definition) is 0. The van der Waals surface area contributed by atoms with Crippen molar-refractivity contribution in [2.75, 3.05) is 7.11 Å². The Morgan fingerprint density at radius 2 is 1.64 bits per heavy atom. The van der Waals surface area contributed by atoms with Crippen molar-refractivity contribution in [2.24, 2.45) is 11.3 Å². The van der Waals surface area contributed by atoms with E-state index >= 15 is 0 Å². The van der Waals surface area contributed by atoms with Crippen LogP contribution in [0.25, 0.3) is 0 Å². The lowest BCUT2D eigenvalue weighted by atomic mass is 9.84. The average molecular weight is 158 g/mol. The number of methoxy groups -OCH3 is 1. The molecule has 0 bridgehead atoms. The third-order valence-electron chi connectivity index (χ3n) is 1.94. The van der Waals surface area contributed by atoms with Gasteiger partial charge < -0.3 is 4.74 Å². The third kappa shape index (κ3) is 4.41. The highest BCUT2D eigenvalue weighted by molar-refractivity contribution is 4.74. The summed E-state index contributed by atoms with van der Waals surface area (Å²) in [6.07, 6.45) is 1.54. The fourth-order valence-corrected chi connectivity index (χ4v) is 1.23. The van der Waals surface area contributed by atoms with Gasteiger partial charge in [-0.1, -0.05) is 34.6 Å². The van der Waals surface area contributed by atoms with Crippen molar-refractivity contribution >= 4 is 0 Å². The first-order valence-electron chi connectivity index (χ1n) is 4.40. The molecule has 0 radical (unpaired) electrons. The van der Waals surface area contributed by atoms with Crippen LogP contribution in [-0.4, -0.2) is 13.2 Å². The van der Waals surface area contributed by atoms with Gasteiger partial charge in [-0.3, -0.25) is 0 Å². The lowest BCUT2D eigenvalue weighted by Gasteiger charge is -2.30. The highest BCUT2D eigenvalue weighted by atomic mass is 16.5. The summed E-state index contributed by atoms with van der Waals surface area (Å²) in [5.41, 5.74) is 0.277. The van der Waals surface area contributed by atoms with E-state index in [4.69, 9.17) is 4.74 Å². The summed E-state index contributed by atoms with van der Waals surface area (Å²) in [6.45, 7) is 11.1. The molecule has 0 aliphatic carbocycles. The van der Waals surface area contributed by atoms with Crippen molar-refractivity contribution in [1.29, 1.82) is 0 Å². The highest BCUT2D eigenvalue weighted by Gasteiger charge is 2.24. The molecule has 1 unspecified atom stereocenters. The van der Waals surface area contributed by atoms with Gasteiger partial charge in [-0.05, 0) is 17.8 Å². The molecule has 68 valence electrons. The van der Waals surface area contributed by atoms with E-state index < -0.39 is 0 Å². The van der Waals surface area contributed by atoms with Crippen LogP contribution >= 0.6 is 0 Å². The Balaban J connectivity index is 3.96. The molecule has 11 heavy (non-hydrogen) atoms. The van der Waals surface area contributed by atoms with Gasteiger partial charge in [0.1, 0.15) is 0 Å². The van der Waals surface area contributed by atoms with Gasteiger partial charge in [-0.15, -0.1) is 0 Å². The van der Waals surface area contributed by atoms with Crippen LogP contribution in [0.5, 0.6) is 0 Å². The zero-order valence-corrected chi connectivity index (χ0v) is 8.77. The summed E-state index contributed by atoms with van der Waals surface area (Å²) < 4.78 is 5.43. The van der Waals surface area contributed by atoms with Crippen molar-refractivity contribution in [2.45, 2.75) is 47.1 Å². The van der Waals surface area contributed by atoms with Crippen molar-refractivity contribution in [3.8, 4) is 0 Å². The van der Waals surface area contributed by atoms with E-state index in [0.717, 1.165) is 12.3 Å². The fourth-order valence-electron chi connectivity index (χ4n) is 1.23. The van der Waals surface area contributed by atoms with E-state index in [1.54, 1.807) is 7.11 Å². The molecule has 0 rings (SSSR count). The lowest BCUT2D eigenvalue weighted by molar-refractivity contribution is 0.00241. The van der Waals surface area contributed by atoms with E-state index in [0.29, 0.717) is 6.10 Å². The van der Waals surface area contributed by atoms with E-state index in [-0.39, 0.29) is 5.41 Å². The predicted octanol–water partition coefficient (Wildman–Crippen LogP) is 3.09. The maximum absolute atomic E-state index is 5.43. The van der Waals surface area contributed by atoms with Gasteiger partial charge in [0, 0.05) is 7.11 Å². The second kappa shape index (κ2) is 4.10. The Morgan fingerprint density at radius 3 is 1.73 bits per heavy atom. The zero-order chi connectivity index (χ0) is 9.07. The van der Waals surface area contributed by atoms with E-state index in [1.165, 1.54) is 0 Å². The molecule has 0 aliphatic rings. The van der Waals surface area contributed by atoms with Gasteiger partial charge >= 0.3 is 0 Å². The minimum atomic E-state index is 0.277. The van der Waals surface area contributed by atoms with Crippen LogP contribution in [0.2, 0.25) is 0 Å². The maximum Gasteiger partial charge on any atom is 0.0622 e. The van der Waals surface area contributed by atoms with Crippen LogP contribution in [0.3, 0.4) is 0 Å². The molecule has 0 aliphatic heterocycles. The fraction of sp³-hybridized carbons (Fsp3) is 1.00. The quantitative estimate of drug-likeness (QED) is 0.613. The largest absolute Gasteiger partial charge is 0.381 e. The van der Waals surface area contributed by atoms with Crippen LogP contribution in [0.1, 0.15) is 41.0 Å². The van der Waals surface area contributed by atoms with Crippen LogP contribution in [0.4, 0.5) is 0 Å². The third-order valence-corrected chi connectivity index (χ3v) is 1.94. The molecule has 1 heteroatoms. The highest BCUT2D eigenvalue weighted by Crippen LogP contribution is 2.26. The molecule has 0 aromatic carbocycles. The summed E-state index contributed by atoms with van der Waals surface area (Å²) in [5.74, 6) is 0.721. The summed E-state index contributed by atoms with van der Waals surface area (Å²) in [6, 6.07) is 0. The molecule has 0 aromatic rings. The van der Waals surface area contributed by atoms with Gasteiger partial charge in [-0.25, -0.2) is 0 Å². The Labute approximate surface area is 71.1 Å². The second-order valence-corrected chi connectivity index (χ2v) is 4.72. The molecule has 0 aromatic heterocycles. The van der Waals surface area contributed by atoms with E-state index in [9.17, 15) is 0 Å². The zero-order valence-electron chi connectivity index (χ0n) is 8.77. The normalized spacial score (nSPS) is 15.5. The number of rotatable bonds is 3. The first-order chi connectivity index (χ1) is 4.88. The Hall–Kier alpha value is -0.0400. The molecule has 0 fully saturated rings. The first-order valence-corrected chi connectivity index (χ1v) is 4.40. The van der Waals surface area contributed by atoms with Crippen LogP contribution < -0.4 is 0 Å². The molecule has 0 heterocycles. The smallest absolute Gasteiger partial charge is 0.0622 e. The minimum absolute atomic E-state index is 0.277. The summed E-state index contributed by atoms with van der Waals surface area (Å²) in [4.78, 5) is 0. The Kier molecular flexibility index (Phi) is 4.09. The summed E-state index contributed by atoms with van der Waals surface area (Å²) in [5, 5.41) is 0. The molecule has 0 N–H and O–H groups in total. The Morgan fingerprint density at radius 1 is 1.18 bits per heavy atom. The van der Waals surface area contributed by atoms with Crippen molar-refractivity contribution in [3.63, 3.8) is 0 Å². The van der Waals surface area contributed by atoms with Crippen LogP contribution in [0.15, 0.2) is 0 Å². The van der Waals surface area contributed by atoms with Crippen molar-refractivity contribution in [1.82, 2.24) is 0 Å². The molecular formula is C10H22O. The second-order valence-electron chi connectivity index (χ2n) is 4.72. The van der Waals surface area contributed by atoms with Crippen LogP contribution in [-0.2, 0) is 4.74 Å². The predicted molar refractivity (Wildman–Crippen MR) is 49.7 cm³/mol. The van der Waals surface area contributed by atoms with Crippen molar-refractivity contribution < 1.29 is 4.74 Å². The maximum atomic E-state index is 5.43. The van der Waals surface area contributed by atoms with Gasteiger partial charge in [0.25, 0.3) is 0 Å². The molecular weight excluding hydrogens is 136 g/mol. The number of hydrogen-bond acceptors (Lipinski definition) is 1. The summed E-state index contributed by atoms with van der Waals surface area (Å²) in [7, 11) is 1.80. The first kappa shape index (κ1) is 11.0. The molecule has 1 atom stereocenters. The molecule has 0 saturated carbocycles. The molecule has 0 saturated heterocycles. The van der Waals surface area contributed by atoms with Gasteiger partial charge in [0.15, 0.2) is 0 Å².